The lowest BCUT2D eigenvalue weighted by atomic mass is 10.2. The maximum absolute atomic E-state index is 13.2. The molecular formula is C10H9FN2O. The Morgan fingerprint density at radius 2 is 2.14 bits per heavy atom. The molecule has 2 rings (SSSR count). The molecular weight excluding hydrogens is 183 g/mol. The van der Waals surface area contributed by atoms with Gasteiger partial charge >= 0.3 is 0 Å². The molecule has 0 N–H and O–H groups in total. The number of hydrogen-bond donors (Lipinski definition) is 0. The Hall–Kier alpha value is -1.71. The Kier molecular flexibility index (Phi) is 2.04. The molecule has 0 radical (unpaired) electrons. The van der Waals surface area contributed by atoms with Crippen molar-refractivity contribution in [1.82, 2.24) is 9.97 Å². The van der Waals surface area contributed by atoms with Crippen LogP contribution >= 0.6 is 0 Å². The fraction of sp³-hybridized carbons (Fsp3) is 0.200. The predicted molar refractivity (Wildman–Crippen MR) is 50.8 cm³/mol. The van der Waals surface area contributed by atoms with Crippen LogP contribution in [0.2, 0.25) is 0 Å². The van der Waals surface area contributed by atoms with E-state index in [4.69, 9.17) is 4.74 Å². The number of aryl methyl sites for hydroxylation is 1. The topological polar surface area (TPSA) is 35.0 Å². The van der Waals surface area contributed by atoms with Crippen molar-refractivity contribution in [2.75, 3.05) is 7.11 Å². The molecule has 0 saturated heterocycles. The van der Waals surface area contributed by atoms with Gasteiger partial charge in [0.05, 0.1) is 24.3 Å². The van der Waals surface area contributed by atoms with Gasteiger partial charge in [0.25, 0.3) is 0 Å². The number of benzene rings is 1. The van der Waals surface area contributed by atoms with Crippen molar-refractivity contribution in [2.45, 2.75) is 6.92 Å². The van der Waals surface area contributed by atoms with E-state index < -0.39 is 0 Å². The van der Waals surface area contributed by atoms with Crippen molar-refractivity contribution >= 4 is 11.0 Å². The van der Waals surface area contributed by atoms with E-state index in [1.807, 2.05) is 0 Å². The van der Waals surface area contributed by atoms with E-state index >= 15 is 0 Å². The van der Waals surface area contributed by atoms with Crippen molar-refractivity contribution in [3.63, 3.8) is 0 Å². The smallest absolute Gasteiger partial charge is 0.232 e. The van der Waals surface area contributed by atoms with Crippen LogP contribution in [0, 0.1) is 12.7 Å². The minimum Gasteiger partial charge on any atom is -0.480 e. The fourth-order valence-corrected chi connectivity index (χ4v) is 1.27. The first-order chi connectivity index (χ1) is 6.72. The standard InChI is InChI=1S/C10H9FN2O/c1-6-7(11)3-4-8-10(6)13-9(14-2)5-12-8/h3-5H,1-2H3. The molecule has 0 fully saturated rings. The van der Waals surface area contributed by atoms with Crippen molar-refractivity contribution in [3.05, 3.63) is 29.7 Å². The van der Waals surface area contributed by atoms with E-state index in [9.17, 15) is 4.39 Å². The van der Waals surface area contributed by atoms with Crippen LogP contribution in [-0.4, -0.2) is 17.1 Å². The zero-order chi connectivity index (χ0) is 10.1. The summed E-state index contributed by atoms with van der Waals surface area (Å²) < 4.78 is 18.1. The number of aromatic nitrogens is 2. The Labute approximate surface area is 80.6 Å². The molecule has 0 atom stereocenters. The van der Waals surface area contributed by atoms with E-state index in [-0.39, 0.29) is 5.82 Å². The van der Waals surface area contributed by atoms with Crippen molar-refractivity contribution in [2.24, 2.45) is 0 Å². The van der Waals surface area contributed by atoms with Gasteiger partial charge in [0.15, 0.2) is 0 Å². The Morgan fingerprint density at radius 3 is 2.86 bits per heavy atom. The highest BCUT2D eigenvalue weighted by atomic mass is 19.1. The second-order valence-electron chi connectivity index (χ2n) is 2.95. The molecule has 1 aromatic heterocycles. The molecule has 0 aliphatic carbocycles. The first-order valence-corrected chi connectivity index (χ1v) is 4.18. The number of rotatable bonds is 1. The third-order valence-electron chi connectivity index (χ3n) is 2.09. The molecule has 3 nitrogen and oxygen atoms in total. The van der Waals surface area contributed by atoms with E-state index in [0.717, 1.165) is 0 Å². The van der Waals surface area contributed by atoms with Crippen molar-refractivity contribution in [3.8, 4) is 5.88 Å². The molecule has 72 valence electrons. The Morgan fingerprint density at radius 1 is 1.36 bits per heavy atom. The van der Waals surface area contributed by atoms with Crippen LogP contribution in [-0.2, 0) is 0 Å². The van der Waals surface area contributed by atoms with Crippen LogP contribution < -0.4 is 4.74 Å². The van der Waals surface area contributed by atoms with Crippen LogP contribution in [0.4, 0.5) is 4.39 Å². The summed E-state index contributed by atoms with van der Waals surface area (Å²) in [5, 5.41) is 0. The summed E-state index contributed by atoms with van der Waals surface area (Å²) >= 11 is 0. The molecule has 1 heterocycles. The molecule has 0 aliphatic rings. The van der Waals surface area contributed by atoms with E-state index in [0.29, 0.717) is 22.5 Å². The maximum atomic E-state index is 13.2. The van der Waals surface area contributed by atoms with Crippen LogP contribution in [0.15, 0.2) is 18.3 Å². The van der Waals surface area contributed by atoms with E-state index in [2.05, 4.69) is 9.97 Å². The van der Waals surface area contributed by atoms with Crippen molar-refractivity contribution in [1.29, 1.82) is 0 Å². The van der Waals surface area contributed by atoms with Gasteiger partial charge < -0.3 is 4.74 Å². The number of halogens is 1. The van der Waals surface area contributed by atoms with Gasteiger partial charge in [0, 0.05) is 5.56 Å². The molecule has 14 heavy (non-hydrogen) atoms. The minimum absolute atomic E-state index is 0.278. The third kappa shape index (κ3) is 1.28. The van der Waals surface area contributed by atoms with Gasteiger partial charge in [0.2, 0.25) is 5.88 Å². The lowest BCUT2D eigenvalue weighted by molar-refractivity contribution is 0.397. The first kappa shape index (κ1) is 8.87. The first-order valence-electron chi connectivity index (χ1n) is 4.18. The lowest BCUT2D eigenvalue weighted by Crippen LogP contribution is -1.94. The molecule has 2 aromatic rings. The highest BCUT2D eigenvalue weighted by Gasteiger charge is 2.06. The molecule has 0 spiro atoms. The summed E-state index contributed by atoms with van der Waals surface area (Å²) in [7, 11) is 1.50. The summed E-state index contributed by atoms with van der Waals surface area (Å²) in [5.74, 6) is 0.117. The average Bonchev–Trinajstić information content (AvgIpc) is 2.23. The van der Waals surface area contributed by atoms with Gasteiger partial charge in [-0.05, 0) is 19.1 Å². The van der Waals surface area contributed by atoms with Crippen LogP contribution in [0.25, 0.3) is 11.0 Å². The summed E-state index contributed by atoms with van der Waals surface area (Å²) in [5.41, 5.74) is 1.71. The number of ether oxygens (including phenoxy) is 1. The summed E-state index contributed by atoms with van der Waals surface area (Å²) in [6.07, 6.45) is 1.51. The van der Waals surface area contributed by atoms with Gasteiger partial charge in [-0.25, -0.2) is 14.4 Å². The second-order valence-corrected chi connectivity index (χ2v) is 2.95. The normalized spacial score (nSPS) is 10.5. The predicted octanol–water partition coefficient (Wildman–Crippen LogP) is 2.09. The molecule has 1 aromatic carbocycles. The number of nitrogens with zero attached hydrogens (tertiary/aromatic N) is 2. The summed E-state index contributed by atoms with van der Waals surface area (Å²) in [6.45, 7) is 1.67. The van der Waals surface area contributed by atoms with Crippen LogP contribution in [0.3, 0.4) is 0 Å². The SMILES string of the molecule is COc1cnc2ccc(F)c(C)c2n1. The zero-order valence-electron chi connectivity index (χ0n) is 7.91. The van der Waals surface area contributed by atoms with Crippen LogP contribution in [0.1, 0.15) is 5.56 Å². The Bertz CT molecular complexity index is 485. The van der Waals surface area contributed by atoms with Gasteiger partial charge in [0.1, 0.15) is 5.82 Å². The monoisotopic (exact) mass is 192 g/mol. The van der Waals surface area contributed by atoms with Gasteiger partial charge in [-0.1, -0.05) is 0 Å². The van der Waals surface area contributed by atoms with Gasteiger partial charge in [-0.3, -0.25) is 0 Å². The molecule has 0 unspecified atom stereocenters. The largest absolute Gasteiger partial charge is 0.480 e. The summed E-state index contributed by atoms with van der Waals surface area (Å²) in [4.78, 5) is 8.23. The quantitative estimate of drug-likeness (QED) is 0.693. The number of fused-ring (bicyclic) bond motifs is 1. The second kappa shape index (κ2) is 3.21. The number of hydrogen-bond acceptors (Lipinski definition) is 3. The van der Waals surface area contributed by atoms with Crippen LogP contribution in [0.5, 0.6) is 5.88 Å². The lowest BCUT2D eigenvalue weighted by Gasteiger charge is -2.03. The van der Waals surface area contributed by atoms with Crippen molar-refractivity contribution < 1.29 is 9.13 Å². The van der Waals surface area contributed by atoms with E-state index in [1.165, 1.54) is 19.4 Å². The third-order valence-corrected chi connectivity index (χ3v) is 2.09. The number of methoxy groups -OCH3 is 1. The molecule has 0 amide bonds. The average molecular weight is 192 g/mol. The fourth-order valence-electron chi connectivity index (χ4n) is 1.27. The highest BCUT2D eigenvalue weighted by Crippen LogP contribution is 2.19. The molecule has 4 heteroatoms. The maximum Gasteiger partial charge on any atom is 0.232 e. The van der Waals surface area contributed by atoms with Gasteiger partial charge in [-0.2, -0.15) is 0 Å². The molecule has 0 bridgehead atoms. The highest BCUT2D eigenvalue weighted by molar-refractivity contribution is 5.78. The van der Waals surface area contributed by atoms with E-state index in [1.54, 1.807) is 13.0 Å². The Balaban J connectivity index is 2.78. The molecule has 0 saturated carbocycles. The van der Waals surface area contributed by atoms with Gasteiger partial charge in [-0.15, -0.1) is 0 Å². The zero-order valence-corrected chi connectivity index (χ0v) is 7.91. The molecule has 0 aliphatic heterocycles. The minimum atomic E-state index is -0.278. The summed E-state index contributed by atoms with van der Waals surface area (Å²) in [6, 6.07) is 2.99.